The first-order chi connectivity index (χ1) is 9.79. The van der Waals surface area contributed by atoms with Gasteiger partial charge in [-0.05, 0) is 56.1 Å². The molecule has 0 amide bonds. The normalized spacial score (nSPS) is 28.7. The van der Waals surface area contributed by atoms with Crippen molar-refractivity contribution in [2.24, 2.45) is 5.92 Å². The molecule has 0 saturated carbocycles. The monoisotopic (exact) mass is 268 g/mol. The van der Waals surface area contributed by atoms with Crippen molar-refractivity contribution < 1.29 is 0 Å². The van der Waals surface area contributed by atoms with Crippen molar-refractivity contribution in [1.82, 2.24) is 9.88 Å². The lowest BCUT2D eigenvalue weighted by Gasteiger charge is -2.45. The first kappa shape index (κ1) is 12.0. The third kappa shape index (κ3) is 2.00. The van der Waals surface area contributed by atoms with Gasteiger partial charge in [-0.1, -0.05) is 0 Å². The summed E-state index contributed by atoms with van der Waals surface area (Å²) in [4.78, 5) is 6.98. The van der Waals surface area contributed by atoms with Gasteiger partial charge >= 0.3 is 0 Å². The van der Waals surface area contributed by atoms with Crippen LogP contribution >= 0.6 is 0 Å². The third-order valence-corrected chi connectivity index (χ3v) is 4.76. The van der Waals surface area contributed by atoms with Crippen LogP contribution in [0.2, 0.25) is 0 Å². The highest BCUT2D eigenvalue weighted by atomic mass is 15.2. The van der Waals surface area contributed by atoms with E-state index in [1.165, 1.54) is 38.2 Å². The second kappa shape index (κ2) is 4.63. The van der Waals surface area contributed by atoms with Crippen molar-refractivity contribution in [1.29, 1.82) is 0 Å². The minimum Gasteiger partial charge on any atom is -0.399 e. The number of nitrogens with one attached hydrogen (secondary N) is 1. The molecule has 1 aromatic heterocycles. The number of hydrogen-bond acceptors (Lipinski definition) is 4. The molecule has 1 aromatic carbocycles. The maximum atomic E-state index is 5.84. The smallest absolute Gasteiger partial charge is 0.0743 e. The Morgan fingerprint density at radius 2 is 2.05 bits per heavy atom. The van der Waals surface area contributed by atoms with Gasteiger partial charge in [0.2, 0.25) is 0 Å². The molecular formula is C16H20N4. The minimum absolute atomic E-state index is 0.570. The predicted octanol–water partition coefficient (Wildman–Crippen LogP) is 2.32. The molecule has 0 radical (unpaired) electrons. The summed E-state index contributed by atoms with van der Waals surface area (Å²) in [5, 5.41) is 4.92. The van der Waals surface area contributed by atoms with Crippen LogP contribution < -0.4 is 11.1 Å². The Morgan fingerprint density at radius 3 is 2.80 bits per heavy atom. The lowest BCUT2D eigenvalue weighted by Crippen LogP contribution is -2.53. The fourth-order valence-corrected chi connectivity index (χ4v) is 3.62. The number of nitrogen functional groups attached to an aromatic ring is 1. The summed E-state index contributed by atoms with van der Waals surface area (Å²) >= 11 is 0. The van der Waals surface area contributed by atoms with Gasteiger partial charge in [-0.15, -0.1) is 0 Å². The van der Waals surface area contributed by atoms with E-state index in [1.807, 2.05) is 18.3 Å². The Labute approximate surface area is 119 Å². The van der Waals surface area contributed by atoms with E-state index < -0.39 is 0 Å². The van der Waals surface area contributed by atoms with Crippen molar-refractivity contribution in [3.63, 3.8) is 0 Å². The lowest BCUT2D eigenvalue weighted by atomic mass is 9.84. The average Bonchev–Trinajstić information content (AvgIpc) is 2.48. The quantitative estimate of drug-likeness (QED) is 0.821. The topological polar surface area (TPSA) is 54.2 Å². The van der Waals surface area contributed by atoms with Crippen LogP contribution in [0.3, 0.4) is 0 Å². The van der Waals surface area contributed by atoms with Crippen molar-refractivity contribution in [3.8, 4) is 0 Å². The number of anilines is 2. The summed E-state index contributed by atoms with van der Waals surface area (Å²) in [6.45, 7) is 3.72. The molecule has 1 atom stereocenters. The number of hydrogen-bond donors (Lipinski definition) is 2. The molecule has 2 bridgehead atoms. The van der Waals surface area contributed by atoms with Gasteiger partial charge in [-0.2, -0.15) is 0 Å². The number of fused-ring (bicyclic) bond motifs is 4. The van der Waals surface area contributed by atoms with Crippen molar-refractivity contribution in [3.05, 3.63) is 30.5 Å². The van der Waals surface area contributed by atoms with Gasteiger partial charge in [0, 0.05) is 35.5 Å². The average molecular weight is 268 g/mol. The van der Waals surface area contributed by atoms with E-state index in [1.54, 1.807) is 0 Å². The SMILES string of the molecule is Nc1ccc2c(NC3CN4CCC3CC4)ccnc2c1. The van der Waals surface area contributed by atoms with Gasteiger partial charge in [-0.3, -0.25) is 4.98 Å². The molecule has 20 heavy (non-hydrogen) atoms. The molecule has 3 aliphatic heterocycles. The largest absolute Gasteiger partial charge is 0.399 e. The second-order valence-electron chi connectivity index (χ2n) is 6.02. The zero-order chi connectivity index (χ0) is 13.5. The van der Waals surface area contributed by atoms with Crippen molar-refractivity contribution in [2.75, 3.05) is 30.7 Å². The third-order valence-electron chi connectivity index (χ3n) is 4.76. The van der Waals surface area contributed by atoms with Gasteiger partial charge in [0.25, 0.3) is 0 Å². The lowest BCUT2D eigenvalue weighted by molar-refractivity contribution is 0.0976. The van der Waals surface area contributed by atoms with E-state index in [4.69, 9.17) is 5.73 Å². The minimum atomic E-state index is 0.570. The van der Waals surface area contributed by atoms with Crippen LogP contribution in [-0.2, 0) is 0 Å². The van der Waals surface area contributed by atoms with E-state index in [0.29, 0.717) is 6.04 Å². The van der Waals surface area contributed by atoms with Crippen LogP contribution in [0.1, 0.15) is 12.8 Å². The van der Waals surface area contributed by atoms with E-state index in [-0.39, 0.29) is 0 Å². The molecule has 4 heterocycles. The summed E-state index contributed by atoms with van der Waals surface area (Å²) in [6.07, 6.45) is 4.52. The van der Waals surface area contributed by atoms with Gasteiger partial charge < -0.3 is 16.0 Å². The summed E-state index contributed by atoms with van der Waals surface area (Å²) in [6, 6.07) is 8.61. The summed E-state index contributed by atoms with van der Waals surface area (Å²) in [5.74, 6) is 0.817. The van der Waals surface area contributed by atoms with Crippen LogP contribution in [0.15, 0.2) is 30.5 Å². The molecule has 0 spiro atoms. The molecule has 3 aliphatic rings. The Balaban J connectivity index is 1.65. The molecule has 4 nitrogen and oxygen atoms in total. The molecule has 3 saturated heterocycles. The molecular weight excluding hydrogens is 248 g/mol. The van der Waals surface area contributed by atoms with Gasteiger partial charge in [-0.25, -0.2) is 0 Å². The van der Waals surface area contributed by atoms with E-state index >= 15 is 0 Å². The van der Waals surface area contributed by atoms with Gasteiger partial charge in [0.1, 0.15) is 0 Å². The van der Waals surface area contributed by atoms with Crippen LogP contribution in [0.25, 0.3) is 10.9 Å². The summed E-state index contributed by atoms with van der Waals surface area (Å²) in [7, 11) is 0. The summed E-state index contributed by atoms with van der Waals surface area (Å²) in [5.41, 5.74) is 8.77. The Morgan fingerprint density at radius 1 is 1.20 bits per heavy atom. The Bertz CT molecular complexity index is 631. The molecule has 2 aromatic rings. The fourth-order valence-electron chi connectivity index (χ4n) is 3.62. The van der Waals surface area contributed by atoms with Crippen LogP contribution in [0.5, 0.6) is 0 Å². The number of piperidine rings is 3. The maximum absolute atomic E-state index is 5.84. The highest BCUT2D eigenvalue weighted by Crippen LogP contribution is 2.31. The first-order valence-corrected chi connectivity index (χ1v) is 7.43. The molecule has 1 unspecified atom stereocenters. The number of rotatable bonds is 2. The number of aromatic nitrogens is 1. The van der Waals surface area contributed by atoms with Crippen LogP contribution in [0, 0.1) is 5.92 Å². The van der Waals surface area contributed by atoms with Crippen molar-refractivity contribution >= 4 is 22.3 Å². The maximum Gasteiger partial charge on any atom is 0.0743 e. The zero-order valence-corrected chi connectivity index (χ0v) is 11.5. The Hall–Kier alpha value is -1.81. The van der Waals surface area contributed by atoms with E-state index in [2.05, 4.69) is 27.3 Å². The second-order valence-corrected chi connectivity index (χ2v) is 6.02. The predicted molar refractivity (Wildman–Crippen MR) is 82.7 cm³/mol. The van der Waals surface area contributed by atoms with Gasteiger partial charge in [0.05, 0.1) is 5.52 Å². The highest BCUT2D eigenvalue weighted by molar-refractivity contribution is 5.92. The van der Waals surface area contributed by atoms with Crippen LogP contribution in [-0.4, -0.2) is 35.6 Å². The fraction of sp³-hybridized carbons (Fsp3) is 0.438. The van der Waals surface area contributed by atoms with E-state index in [9.17, 15) is 0 Å². The number of nitrogens with zero attached hydrogens (tertiary/aromatic N) is 2. The molecule has 4 heteroatoms. The first-order valence-electron chi connectivity index (χ1n) is 7.43. The molecule has 5 rings (SSSR count). The zero-order valence-electron chi connectivity index (χ0n) is 11.5. The molecule has 3 fully saturated rings. The molecule has 3 N–H and O–H groups in total. The number of pyridine rings is 1. The van der Waals surface area contributed by atoms with Crippen molar-refractivity contribution in [2.45, 2.75) is 18.9 Å². The molecule has 0 aliphatic carbocycles. The van der Waals surface area contributed by atoms with Crippen LogP contribution in [0.4, 0.5) is 11.4 Å². The standard InChI is InChI=1S/C16H20N4/c17-12-1-2-13-14(3-6-18-15(13)9-12)19-16-10-20-7-4-11(16)5-8-20/h1-3,6,9,11,16H,4-5,7-8,10,17H2,(H,18,19). The molecule has 104 valence electrons. The highest BCUT2D eigenvalue weighted by Gasteiger charge is 2.34. The summed E-state index contributed by atoms with van der Waals surface area (Å²) < 4.78 is 0. The Kier molecular flexibility index (Phi) is 2.77. The number of benzene rings is 1. The van der Waals surface area contributed by atoms with Gasteiger partial charge in [0.15, 0.2) is 0 Å². The van der Waals surface area contributed by atoms with E-state index in [0.717, 1.165) is 22.5 Å². The number of nitrogens with two attached hydrogens (primary N) is 1.